The Kier molecular flexibility index (Phi) is 4.91. The maximum atomic E-state index is 6.28. The summed E-state index contributed by atoms with van der Waals surface area (Å²) in [5.41, 5.74) is 9.45. The van der Waals surface area contributed by atoms with Crippen LogP contribution < -0.4 is 5.73 Å². The van der Waals surface area contributed by atoms with Crippen LogP contribution in [0.15, 0.2) is 40.9 Å². The number of hydrogen-bond acceptors (Lipinski definition) is 1. The van der Waals surface area contributed by atoms with Gasteiger partial charge in [-0.3, -0.25) is 0 Å². The van der Waals surface area contributed by atoms with Gasteiger partial charge in [0.2, 0.25) is 0 Å². The topological polar surface area (TPSA) is 26.0 Å². The molecule has 1 unspecified atom stereocenters. The Bertz CT molecular complexity index is 578. The van der Waals surface area contributed by atoms with Crippen LogP contribution in [0, 0.1) is 6.92 Å². The largest absolute Gasteiger partial charge is 0.324 e. The lowest BCUT2D eigenvalue weighted by Crippen LogP contribution is -2.15. The Morgan fingerprint density at radius 3 is 2.37 bits per heavy atom. The molecule has 19 heavy (non-hydrogen) atoms. The van der Waals surface area contributed by atoms with Gasteiger partial charge in [-0.25, -0.2) is 0 Å². The van der Waals surface area contributed by atoms with Crippen LogP contribution in [-0.4, -0.2) is 0 Å². The van der Waals surface area contributed by atoms with Crippen molar-refractivity contribution < 1.29 is 0 Å². The van der Waals surface area contributed by atoms with Gasteiger partial charge in [0.25, 0.3) is 0 Å². The van der Waals surface area contributed by atoms with E-state index >= 15 is 0 Å². The molecule has 0 saturated heterocycles. The third-order valence-electron chi connectivity index (χ3n) is 3.12. The highest BCUT2D eigenvalue weighted by atomic mass is 79.9. The molecule has 0 radical (unpaired) electrons. The summed E-state index contributed by atoms with van der Waals surface area (Å²) in [5.74, 6) is 0. The van der Waals surface area contributed by atoms with Crippen LogP contribution in [0.25, 0.3) is 0 Å². The van der Waals surface area contributed by atoms with Crippen LogP contribution in [0.4, 0.5) is 0 Å². The highest BCUT2D eigenvalue weighted by Gasteiger charge is 2.14. The summed E-state index contributed by atoms with van der Waals surface area (Å²) in [6.45, 7) is 2.05. The van der Waals surface area contributed by atoms with Gasteiger partial charge < -0.3 is 5.73 Å². The smallest absolute Gasteiger partial charge is 0.0453 e. The zero-order valence-electron chi connectivity index (χ0n) is 10.5. The molecule has 0 aromatic heterocycles. The second kappa shape index (κ2) is 6.27. The van der Waals surface area contributed by atoms with Crippen LogP contribution >= 0.6 is 39.1 Å². The first-order chi connectivity index (χ1) is 8.99. The molecule has 100 valence electrons. The molecule has 2 rings (SSSR count). The minimum Gasteiger partial charge on any atom is -0.324 e. The lowest BCUT2D eigenvalue weighted by Gasteiger charge is -2.17. The van der Waals surface area contributed by atoms with Gasteiger partial charge in [-0.1, -0.05) is 51.3 Å². The van der Waals surface area contributed by atoms with E-state index in [2.05, 4.69) is 22.0 Å². The van der Waals surface area contributed by atoms with Crippen molar-refractivity contribution in [1.29, 1.82) is 0 Å². The number of nitrogens with two attached hydrogens (primary N) is 1. The standard InChI is InChI=1S/C15H14BrCl2N/c1-9-7-10(16)5-6-11(9)15(19)8-12-13(17)3-2-4-14(12)18/h2-7,15H,8,19H2,1H3. The molecule has 2 aromatic carbocycles. The van der Waals surface area contributed by atoms with Gasteiger partial charge >= 0.3 is 0 Å². The number of halogens is 3. The molecule has 4 heteroatoms. The Morgan fingerprint density at radius 2 is 1.79 bits per heavy atom. The first-order valence-corrected chi connectivity index (χ1v) is 7.48. The molecule has 0 amide bonds. The quantitative estimate of drug-likeness (QED) is 0.790. The summed E-state index contributed by atoms with van der Waals surface area (Å²) in [6.07, 6.45) is 0.626. The van der Waals surface area contributed by atoms with Crippen molar-refractivity contribution in [3.8, 4) is 0 Å². The zero-order valence-corrected chi connectivity index (χ0v) is 13.6. The summed E-state index contributed by atoms with van der Waals surface area (Å²) < 4.78 is 1.05. The molecule has 0 bridgehead atoms. The van der Waals surface area contributed by atoms with Crippen LogP contribution in [0.5, 0.6) is 0 Å². The fourth-order valence-electron chi connectivity index (χ4n) is 2.11. The number of aryl methyl sites for hydroxylation is 1. The van der Waals surface area contributed by atoms with E-state index in [1.165, 1.54) is 0 Å². The molecule has 0 aliphatic carbocycles. The van der Waals surface area contributed by atoms with Gasteiger partial charge in [-0.15, -0.1) is 0 Å². The Hall–Kier alpha value is -0.540. The third-order valence-corrected chi connectivity index (χ3v) is 4.32. The molecule has 0 aliphatic heterocycles. The minimum atomic E-state index is -0.120. The second-order valence-electron chi connectivity index (χ2n) is 4.51. The van der Waals surface area contributed by atoms with E-state index in [1.54, 1.807) is 0 Å². The fraction of sp³-hybridized carbons (Fsp3) is 0.200. The molecule has 1 atom stereocenters. The summed E-state index contributed by atoms with van der Waals surface area (Å²) in [7, 11) is 0. The SMILES string of the molecule is Cc1cc(Br)ccc1C(N)Cc1c(Cl)cccc1Cl. The van der Waals surface area contributed by atoms with Crippen LogP contribution in [0.2, 0.25) is 10.0 Å². The molecular weight excluding hydrogens is 345 g/mol. The molecule has 0 aliphatic rings. The Balaban J connectivity index is 2.28. The van der Waals surface area contributed by atoms with Gasteiger partial charge in [0, 0.05) is 20.6 Å². The van der Waals surface area contributed by atoms with Crippen molar-refractivity contribution in [3.63, 3.8) is 0 Å². The number of rotatable bonds is 3. The molecule has 1 nitrogen and oxygen atoms in total. The maximum Gasteiger partial charge on any atom is 0.0453 e. The van der Waals surface area contributed by atoms with Gasteiger partial charge in [0.1, 0.15) is 0 Å². The fourth-order valence-corrected chi connectivity index (χ4v) is 3.14. The van der Waals surface area contributed by atoms with E-state index in [-0.39, 0.29) is 6.04 Å². The van der Waals surface area contributed by atoms with Gasteiger partial charge in [-0.2, -0.15) is 0 Å². The van der Waals surface area contributed by atoms with E-state index in [0.29, 0.717) is 16.5 Å². The Morgan fingerprint density at radius 1 is 1.16 bits per heavy atom. The third kappa shape index (κ3) is 3.51. The molecule has 2 N–H and O–H groups in total. The first-order valence-electron chi connectivity index (χ1n) is 5.93. The average molecular weight is 359 g/mol. The first kappa shape index (κ1) is 14.9. The van der Waals surface area contributed by atoms with Crippen molar-refractivity contribution in [2.75, 3.05) is 0 Å². The molecule has 0 fully saturated rings. The van der Waals surface area contributed by atoms with Crippen LogP contribution in [0.1, 0.15) is 22.7 Å². The van der Waals surface area contributed by atoms with Gasteiger partial charge in [0.05, 0.1) is 0 Å². The molecular formula is C15H14BrCl2N. The van der Waals surface area contributed by atoms with Crippen molar-refractivity contribution in [2.24, 2.45) is 5.73 Å². The van der Waals surface area contributed by atoms with Crippen LogP contribution in [-0.2, 0) is 6.42 Å². The zero-order chi connectivity index (χ0) is 14.0. The number of benzene rings is 2. The maximum absolute atomic E-state index is 6.28. The number of hydrogen-bond donors (Lipinski definition) is 1. The molecule has 0 spiro atoms. The van der Waals surface area contributed by atoms with E-state index < -0.39 is 0 Å². The highest BCUT2D eigenvalue weighted by molar-refractivity contribution is 9.10. The minimum absolute atomic E-state index is 0.120. The molecule has 2 aromatic rings. The van der Waals surface area contributed by atoms with Gasteiger partial charge in [-0.05, 0) is 54.3 Å². The molecule has 0 heterocycles. The molecule has 0 saturated carbocycles. The summed E-state index contributed by atoms with van der Waals surface area (Å²) in [4.78, 5) is 0. The average Bonchev–Trinajstić information content (AvgIpc) is 2.33. The summed E-state index contributed by atoms with van der Waals surface area (Å²) in [6, 6.07) is 11.5. The monoisotopic (exact) mass is 357 g/mol. The second-order valence-corrected chi connectivity index (χ2v) is 6.24. The van der Waals surface area contributed by atoms with Gasteiger partial charge in [0.15, 0.2) is 0 Å². The normalized spacial score (nSPS) is 12.5. The van der Waals surface area contributed by atoms with E-state index in [4.69, 9.17) is 28.9 Å². The van der Waals surface area contributed by atoms with Crippen molar-refractivity contribution in [3.05, 3.63) is 67.6 Å². The predicted octanol–water partition coefficient (Wildman–Crippen LogP) is 5.31. The van der Waals surface area contributed by atoms with Crippen molar-refractivity contribution in [2.45, 2.75) is 19.4 Å². The summed E-state index contributed by atoms with van der Waals surface area (Å²) in [5, 5.41) is 1.33. The van der Waals surface area contributed by atoms with Crippen LogP contribution in [0.3, 0.4) is 0 Å². The Labute approximate surface area is 131 Å². The lowest BCUT2D eigenvalue weighted by molar-refractivity contribution is 0.716. The van der Waals surface area contributed by atoms with E-state index in [1.807, 2.05) is 37.3 Å². The lowest BCUT2D eigenvalue weighted by atomic mass is 9.96. The van der Waals surface area contributed by atoms with E-state index in [0.717, 1.165) is 21.2 Å². The van der Waals surface area contributed by atoms with E-state index in [9.17, 15) is 0 Å². The van der Waals surface area contributed by atoms with Crippen molar-refractivity contribution >= 4 is 39.1 Å². The predicted molar refractivity (Wildman–Crippen MR) is 86.0 cm³/mol. The highest BCUT2D eigenvalue weighted by Crippen LogP contribution is 2.30. The summed E-state index contributed by atoms with van der Waals surface area (Å²) >= 11 is 15.8. The van der Waals surface area contributed by atoms with Crippen molar-refractivity contribution in [1.82, 2.24) is 0 Å².